The fourth-order valence-electron chi connectivity index (χ4n) is 2.19. The van der Waals surface area contributed by atoms with Crippen LogP contribution >= 0.6 is 0 Å². The molecule has 0 aliphatic carbocycles. The number of carboxylic acids is 1. The molecule has 1 saturated heterocycles. The molecule has 0 saturated carbocycles. The van der Waals surface area contributed by atoms with Gasteiger partial charge in [0, 0.05) is 13.1 Å². The van der Waals surface area contributed by atoms with Crippen LogP contribution in [0.2, 0.25) is 0 Å². The number of likely N-dealkylation sites (tertiary alicyclic amines) is 1. The molecule has 1 amide bonds. The molecular formula is C13H17NO5. The number of hydrogen-bond donors (Lipinski definition) is 2. The summed E-state index contributed by atoms with van der Waals surface area (Å²) in [5.41, 5.74) is -0.746. The zero-order chi connectivity index (χ0) is 14.0. The van der Waals surface area contributed by atoms with E-state index in [-0.39, 0.29) is 17.4 Å². The van der Waals surface area contributed by atoms with E-state index in [0.29, 0.717) is 32.4 Å². The van der Waals surface area contributed by atoms with E-state index in [1.54, 1.807) is 11.8 Å². The molecule has 6 nitrogen and oxygen atoms in total. The molecule has 1 fully saturated rings. The summed E-state index contributed by atoms with van der Waals surface area (Å²) in [5, 5.41) is 18.7. The lowest BCUT2D eigenvalue weighted by molar-refractivity contribution is 0.0434. The molecular weight excluding hydrogens is 250 g/mol. The molecule has 0 spiro atoms. The van der Waals surface area contributed by atoms with Crippen LogP contribution in [0.3, 0.4) is 0 Å². The van der Waals surface area contributed by atoms with E-state index in [9.17, 15) is 14.7 Å². The Labute approximate surface area is 110 Å². The molecule has 1 aliphatic heterocycles. The van der Waals surface area contributed by atoms with Crippen LogP contribution in [0, 0.1) is 0 Å². The maximum absolute atomic E-state index is 12.2. The lowest BCUT2D eigenvalue weighted by Crippen LogP contribution is -2.33. The van der Waals surface area contributed by atoms with Crippen molar-refractivity contribution in [1.29, 1.82) is 0 Å². The Hall–Kier alpha value is -1.82. The summed E-state index contributed by atoms with van der Waals surface area (Å²) in [6.45, 7) is 2.74. The Bertz CT molecular complexity index is 491. The Morgan fingerprint density at radius 3 is 2.58 bits per heavy atom. The third kappa shape index (κ3) is 3.14. The first-order chi connectivity index (χ1) is 8.89. The number of carboxylic acid groups (broad SMARTS) is 1. The summed E-state index contributed by atoms with van der Waals surface area (Å²) in [4.78, 5) is 24.4. The van der Waals surface area contributed by atoms with Crippen molar-refractivity contribution in [3.05, 3.63) is 23.7 Å². The van der Waals surface area contributed by atoms with E-state index in [4.69, 9.17) is 9.52 Å². The van der Waals surface area contributed by atoms with Gasteiger partial charge in [0.2, 0.25) is 5.76 Å². The number of carbonyl (C=O) groups is 2. The molecule has 1 aromatic heterocycles. The number of aromatic carboxylic acids is 1. The van der Waals surface area contributed by atoms with Crippen molar-refractivity contribution >= 4 is 11.9 Å². The van der Waals surface area contributed by atoms with Gasteiger partial charge in [0.1, 0.15) is 0 Å². The van der Waals surface area contributed by atoms with Gasteiger partial charge in [-0.05, 0) is 38.3 Å². The van der Waals surface area contributed by atoms with Gasteiger partial charge < -0.3 is 19.5 Å². The fourth-order valence-corrected chi connectivity index (χ4v) is 2.19. The van der Waals surface area contributed by atoms with Crippen LogP contribution in [0.4, 0.5) is 0 Å². The topological polar surface area (TPSA) is 91.0 Å². The van der Waals surface area contributed by atoms with Crippen LogP contribution in [0.15, 0.2) is 16.5 Å². The molecule has 6 heteroatoms. The van der Waals surface area contributed by atoms with Crippen molar-refractivity contribution in [2.45, 2.75) is 31.8 Å². The molecule has 19 heavy (non-hydrogen) atoms. The highest BCUT2D eigenvalue weighted by Crippen LogP contribution is 2.22. The molecule has 0 aromatic carbocycles. The predicted molar refractivity (Wildman–Crippen MR) is 66.0 cm³/mol. The number of hydrogen-bond acceptors (Lipinski definition) is 4. The maximum atomic E-state index is 12.2. The molecule has 104 valence electrons. The minimum absolute atomic E-state index is 0.0268. The third-order valence-corrected chi connectivity index (χ3v) is 3.38. The molecule has 2 N–H and O–H groups in total. The van der Waals surface area contributed by atoms with Crippen molar-refractivity contribution in [2.24, 2.45) is 0 Å². The normalized spacial score (nSPS) is 24.0. The second-order valence-corrected chi connectivity index (χ2v) is 5.11. The Morgan fingerprint density at radius 1 is 1.26 bits per heavy atom. The largest absolute Gasteiger partial charge is 0.475 e. The zero-order valence-corrected chi connectivity index (χ0v) is 10.8. The van der Waals surface area contributed by atoms with Gasteiger partial charge in [0.05, 0.1) is 5.60 Å². The predicted octanol–water partition coefficient (Wildman–Crippen LogP) is 1.35. The lowest BCUT2D eigenvalue weighted by atomic mass is 9.98. The van der Waals surface area contributed by atoms with E-state index >= 15 is 0 Å². The maximum Gasteiger partial charge on any atom is 0.371 e. The van der Waals surface area contributed by atoms with Crippen LogP contribution in [0.1, 0.15) is 47.3 Å². The summed E-state index contributed by atoms with van der Waals surface area (Å²) in [7, 11) is 0. The minimum atomic E-state index is -1.20. The van der Waals surface area contributed by atoms with E-state index in [0.717, 1.165) is 0 Å². The van der Waals surface area contributed by atoms with Crippen LogP contribution in [0.5, 0.6) is 0 Å². The first-order valence-corrected chi connectivity index (χ1v) is 6.24. The van der Waals surface area contributed by atoms with Crippen molar-refractivity contribution in [1.82, 2.24) is 4.90 Å². The second kappa shape index (κ2) is 5.05. The van der Waals surface area contributed by atoms with Crippen LogP contribution in [0.25, 0.3) is 0 Å². The van der Waals surface area contributed by atoms with Gasteiger partial charge >= 0.3 is 5.97 Å². The van der Waals surface area contributed by atoms with Gasteiger partial charge in [-0.2, -0.15) is 0 Å². The van der Waals surface area contributed by atoms with Crippen molar-refractivity contribution in [3.8, 4) is 0 Å². The second-order valence-electron chi connectivity index (χ2n) is 5.11. The zero-order valence-electron chi connectivity index (χ0n) is 10.8. The number of amides is 1. The highest BCUT2D eigenvalue weighted by atomic mass is 16.4. The smallest absolute Gasteiger partial charge is 0.371 e. The minimum Gasteiger partial charge on any atom is -0.475 e. The molecule has 0 radical (unpaired) electrons. The van der Waals surface area contributed by atoms with Gasteiger partial charge in [-0.25, -0.2) is 4.79 Å². The first-order valence-electron chi connectivity index (χ1n) is 6.24. The van der Waals surface area contributed by atoms with Crippen LogP contribution < -0.4 is 0 Å². The number of carbonyl (C=O) groups excluding carboxylic acids is 1. The highest BCUT2D eigenvalue weighted by Gasteiger charge is 2.28. The summed E-state index contributed by atoms with van der Waals surface area (Å²) >= 11 is 0. The van der Waals surface area contributed by atoms with Crippen molar-refractivity contribution in [3.63, 3.8) is 0 Å². The number of rotatable bonds is 2. The summed E-state index contributed by atoms with van der Waals surface area (Å²) in [6, 6.07) is 2.64. The number of nitrogens with zero attached hydrogens (tertiary/aromatic N) is 1. The molecule has 1 unspecified atom stereocenters. The monoisotopic (exact) mass is 267 g/mol. The highest BCUT2D eigenvalue weighted by molar-refractivity contribution is 5.93. The van der Waals surface area contributed by atoms with Gasteiger partial charge in [0.15, 0.2) is 5.76 Å². The van der Waals surface area contributed by atoms with Gasteiger partial charge in [-0.15, -0.1) is 0 Å². The third-order valence-electron chi connectivity index (χ3n) is 3.38. The molecule has 0 bridgehead atoms. The quantitative estimate of drug-likeness (QED) is 0.844. The Kier molecular flexibility index (Phi) is 3.61. The Balaban J connectivity index is 2.08. The van der Waals surface area contributed by atoms with E-state index in [1.165, 1.54) is 12.1 Å². The van der Waals surface area contributed by atoms with Crippen LogP contribution in [-0.4, -0.2) is 45.7 Å². The SMILES string of the molecule is CC1(O)CCCN(C(=O)c2ccc(C(=O)O)o2)CC1. The van der Waals surface area contributed by atoms with Crippen molar-refractivity contribution in [2.75, 3.05) is 13.1 Å². The van der Waals surface area contributed by atoms with E-state index in [2.05, 4.69) is 0 Å². The molecule has 1 aliphatic rings. The van der Waals surface area contributed by atoms with Gasteiger partial charge in [-0.3, -0.25) is 4.79 Å². The standard InChI is InChI=1S/C13H17NO5/c1-13(18)5-2-7-14(8-6-13)11(15)9-3-4-10(19-9)12(16)17/h3-4,18H,2,5-8H2,1H3,(H,16,17). The number of aliphatic hydroxyl groups is 1. The molecule has 1 aromatic rings. The molecule has 2 rings (SSSR count). The van der Waals surface area contributed by atoms with E-state index < -0.39 is 11.6 Å². The summed E-state index contributed by atoms with van der Waals surface area (Å²) in [6.07, 6.45) is 1.87. The van der Waals surface area contributed by atoms with Gasteiger partial charge in [-0.1, -0.05) is 0 Å². The molecule has 2 heterocycles. The van der Waals surface area contributed by atoms with Crippen molar-refractivity contribution < 1.29 is 24.2 Å². The van der Waals surface area contributed by atoms with E-state index in [1.807, 2.05) is 0 Å². The summed E-state index contributed by atoms with van der Waals surface area (Å²) in [5.74, 6) is -1.74. The molecule has 1 atom stereocenters. The average molecular weight is 267 g/mol. The Morgan fingerprint density at radius 2 is 1.95 bits per heavy atom. The average Bonchev–Trinajstić information content (AvgIpc) is 2.75. The van der Waals surface area contributed by atoms with Gasteiger partial charge in [0.25, 0.3) is 5.91 Å². The lowest BCUT2D eigenvalue weighted by Gasteiger charge is -2.21. The van der Waals surface area contributed by atoms with Crippen LogP contribution in [-0.2, 0) is 0 Å². The fraction of sp³-hybridized carbons (Fsp3) is 0.538. The number of furan rings is 1. The summed E-state index contributed by atoms with van der Waals surface area (Å²) < 4.78 is 5.00. The first kappa shape index (κ1) is 13.6.